The molecule has 0 amide bonds. The van der Waals surface area contributed by atoms with Crippen molar-refractivity contribution < 1.29 is 15.0 Å². The van der Waals surface area contributed by atoms with Gasteiger partial charge in [0.25, 0.3) is 0 Å². The van der Waals surface area contributed by atoms with E-state index in [0.29, 0.717) is 0 Å². The van der Waals surface area contributed by atoms with Gasteiger partial charge in [0.15, 0.2) is 5.96 Å². The Kier molecular flexibility index (Phi) is 3.50. The maximum Gasteiger partial charge on any atom is 0.339 e. The number of hydrogen-bond donors (Lipinski definition) is 5. The third-order valence-electron chi connectivity index (χ3n) is 1.70. The van der Waals surface area contributed by atoms with Crippen LogP contribution in [0.3, 0.4) is 0 Å². The summed E-state index contributed by atoms with van der Waals surface area (Å²) in [5, 5.41) is 18.0. The van der Waals surface area contributed by atoms with Gasteiger partial charge in [0.1, 0.15) is 11.3 Å². The molecule has 8 nitrogen and oxygen atoms in total. The van der Waals surface area contributed by atoms with E-state index in [9.17, 15) is 9.90 Å². The van der Waals surface area contributed by atoms with Gasteiger partial charge in [-0.2, -0.15) is 4.99 Å². The monoisotopic (exact) mass is 237 g/mol. The SMILES string of the molecule is NC(N)=NC(N)=Nc1ccc(O)c(C(=O)O)c1. The van der Waals surface area contributed by atoms with Crippen molar-refractivity contribution in [2.45, 2.75) is 0 Å². The number of nitrogens with two attached hydrogens (primary N) is 3. The van der Waals surface area contributed by atoms with E-state index in [0.717, 1.165) is 6.07 Å². The van der Waals surface area contributed by atoms with Crippen LogP contribution in [0.5, 0.6) is 5.75 Å². The lowest BCUT2D eigenvalue weighted by atomic mass is 10.2. The zero-order valence-corrected chi connectivity index (χ0v) is 8.66. The summed E-state index contributed by atoms with van der Waals surface area (Å²) in [4.78, 5) is 17.9. The first-order valence-corrected chi connectivity index (χ1v) is 4.40. The molecule has 1 aromatic rings. The van der Waals surface area contributed by atoms with Gasteiger partial charge in [0.05, 0.1) is 5.69 Å². The number of aromatic hydroxyl groups is 1. The summed E-state index contributed by atoms with van der Waals surface area (Å²) in [5.74, 6) is -2.12. The van der Waals surface area contributed by atoms with Gasteiger partial charge in [0.2, 0.25) is 5.96 Å². The van der Waals surface area contributed by atoms with Gasteiger partial charge in [0, 0.05) is 0 Å². The molecule has 0 aliphatic rings. The van der Waals surface area contributed by atoms with Crippen molar-refractivity contribution in [1.82, 2.24) is 0 Å². The summed E-state index contributed by atoms with van der Waals surface area (Å²) in [7, 11) is 0. The number of phenols is 1. The fourth-order valence-corrected chi connectivity index (χ4v) is 1.05. The number of hydrogen-bond acceptors (Lipinski definition) is 3. The van der Waals surface area contributed by atoms with E-state index in [-0.39, 0.29) is 28.9 Å². The molecule has 0 aromatic heterocycles. The van der Waals surface area contributed by atoms with Crippen LogP contribution in [-0.2, 0) is 0 Å². The first kappa shape index (κ1) is 12.3. The molecule has 1 rings (SSSR count). The second-order valence-electron chi connectivity index (χ2n) is 3.01. The van der Waals surface area contributed by atoms with Gasteiger partial charge >= 0.3 is 5.97 Å². The average Bonchev–Trinajstić information content (AvgIpc) is 2.19. The molecule has 0 fully saturated rings. The third kappa shape index (κ3) is 3.38. The van der Waals surface area contributed by atoms with E-state index in [2.05, 4.69) is 9.98 Å². The Bertz CT molecular complexity index is 505. The van der Waals surface area contributed by atoms with E-state index in [1.165, 1.54) is 12.1 Å². The number of benzene rings is 1. The lowest BCUT2D eigenvalue weighted by Gasteiger charge is -2.01. The van der Waals surface area contributed by atoms with E-state index >= 15 is 0 Å². The molecule has 0 unspecified atom stereocenters. The van der Waals surface area contributed by atoms with Gasteiger partial charge in [-0.15, -0.1) is 0 Å². The van der Waals surface area contributed by atoms with Gasteiger partial charge in [-0.25, -0.2) is 9.79 Å². The number of rotatable bonds is 2. The predicted octanol–water partition coefficient (Wildman–Crippen LogP) is -0.690. The minimum atomic E-state index is -1.28. The smallest absolute Gasteiger partial charge is 0.339 e. The molecular formula is C9H11N5O3. The molecule has 0 heterocycles. The van der Waals surface area contributed by atoms with Crippen LogP contribution < -0.4 is 17.2 Å². The van der Waals surface area contributed by atoms with Crippen molar-refractivity contribution in [3.8, 4) is 5.75 Å². The van der Waals surface area contributed by atoms with E-state index in [1.54, 1.807) is 0 Å². The predicted molar refractivity (Wildman–Crippen MR) is 62.2 cm³/mol. The third-order valence-corrected chi connectivity index (χ3v) is 1.70. The molecule has 0 saturated heterocycles. The Morgan fingerprint density at radius 3 is 2.41 bits per heavy atom. The molecule has 0 radical (unpaired) electrons. The summed E-state index contributed by atoms with van der Waals surface area (Å²) < 4.78 is 0. The Morgan fingerprint density at radius 2 is 1.88 bits per heavy atom. The Labute approximate surface area is 96.1 Å². The Morgan fingerprint density at radius 1 is 1.24 bits per heavy atom. The highest BCUT2D eigenvalue weighted by Crippen LogP contribution is 2.23. The average molecular weight is 237 g/mol. The van der Waals surface area contributed by atoms with Crippen LogP contribution in [-0.4, -0.2) is 28.1 Å². The number of carboxylic acids is 1. The lowest BCUT2D eigenvalue weighted by molar-refractivity contribution is 0.0694. The molecule has 0 saturated carbocycles. The van der Waals surface area contributed by atoms with Crippen LogP contribution in [0.1, 0.15) is 10.4 Å². The standard InChI is InChI=1S/C9H11N5O3/c10-8(11)14-9(12)13-4-1-2-6(15)5(3-4)7(16)17/h1-3,15H,(H,16,17)(H6,10,11,12,13,14). The fraction of sp³-hybridized carbons (Fsp3) is 0. The minimum absolute atomic E-state index is 0.211. The number of carboxylic acid groups (broad SMARTS) is 1. The van der Waals surface area contributed by atoms with E-state index < -0.39 is 5.97 Å². The van der Waals surface area contributed by atoms with Crippen LogP contribution in [0, 0.1) is 0 Å². The van der Waals surface area contributed by atoms with Gasteiger partial charge in [-0.05, 0) is 18.2 Å². The first-order valence-electron chi connectivity index (χ1n) is 4.40. The zero-order valence-electron chi connectivity index (χ0n) is 8.66. The lowest BCUT2D eigenvalue weighted by Crippen LogP contribution is -2.26. The number of guanidine groups is 2. The second-order valence-corrected chi connectivity index (χ2v) is 3.01. The number of aliphatic imine (C=N–C) groups is 2. The maximum absolute atomic E-state index is 10.7. The largest absolute Gasteiger partial charge is 0.507 e. The summed E-state index contributed by atoms with van der Waals surface area (Å²) in [5.41, 5.74) is 15.5. The summed E-state index contributed by atoms with van der Waals surface area (Å²) >= 11 is 0. The van der Waals surface area contributed by atoms with Crippen molar-refractivity contribution in [2.24, 2.45) is 27.2 Å². The van der Waals surface area contributed by atoms with Crippen LogP contribution in [0.25, 0.3) is 0 Å². The van der Waals surface area contributed by atoms with Gasteiger partial charge < -0.3 is 27.4 Å². The fourth-order valence-electron chi connectivity index (χ4n) is 1.05. The Hall–Kier alpha value is -2.77. The molecule has 0 spiro atoms. The molecular weight excluding hydrogens is 226 g/mol. The highest BCUT2D eigenvalue weighted by Gasteiger charge is 2.09. The molecule has 8 heteroatoms. The highest BCUT2D eigenvalue weighted by molar-refractivity contribution is 5.95. The second kappa shape index (κ2) is 4.84. The molecule has 90 valence electrons. The van der Waals surface area contributed by atoms with Crippen LogP contribution >= 0.6 is 0 Å². The quantitative estimate of drug-likeness (QED) is 0.338. The van der Waals surface area contributed by atoms with Crippen LogP contribution in [0.15, 0.2) is 28.2 Å². The van der Waals surface area contributed by atoms with Crippen molar-refractivity contribution in [1.29, 1.82) is 0 Å². The van der Waals surface area contributed by atoms with Crippen molar-refractivity contribution in [2.75, 3.05) is 0 Å². The molecule has 1 aromatic carbocycles. The van der Waals surface area contributed by atoms with Crippen LogP contribution in [0.4, 0.5) is 5.69 Å². The maximum atomic E-state index is 10.7. The first-order chi connectivity index (χ1) is 7.90. The molecule has 0 aliphatic heterocycles. The van der Waals surface area contributed by atoms with E-state index in [4.69, 9.17) is 22.3 Å². The van der Waals surface area contributed by atoms with E-state index in [1.807, 2.05) is 0 Å². The molecule has 8 N–H and O–H groups in total. The number of nitrogens with zero attached hydrogens (tertiary/aromatic N) is 2. The van der Waals surface area contributed by atoms with Crippen molar-refractivity contribution in [3.63, 3.8) is 0 Å². The summed E-state index contributed by atoms with van der Waals surface area (Å²) in [6.45, 7) is 0. The normalized spacial score (nSPS) is 10.9. The number of aromatic carboxylic acids is 1. The topological polar surface area (TPSA) is 160 Å². The van der Waals surface area contributed by atoms with Crippen molar-refractivity contribution in [3.05, 3.63) is 23.8 Å². The Balaban J connectivity index is 3.13. The van der Waals surface area contributed by atoms with Crippen molar-refractivity contribution >= 4 is 23.6 Å². The summed E-state index contributed by atoms with van der Waals surface area (Å²) in [6, 6.07) is 3.70. The highest BCUT2D eigenvalue weighted by atomic mass is 16.4. The zero-order chi connectivity index (χ0) is 13.0. The van der Waals surface area contributed by atoms with Gasteiger partial charge in [-0.1, -0.05) is 0 Å². The number of carbonyl (C=O) groups is 1. The molecule has 0 aliphatic carbocycles. The molecule has 0 atom stereocenters. The minimum Gasteiger partial charge on any atom is -0.507 e. The molecule has 0 bridgehead atoms. The van der Waals surface area contributed by atoms with Gasteiger partial charge in [-0.3, -0.25) is 0 Å². The molecule has 17 heavy (non-hydrogen) atoms. The van der Waals surface area contributed by atoms with Crippen LogP contribution in [0.2, 0.25) is 0 Å². The summed E-state index contributed by atoms with van der Waals surface area (Å²) in [6.07, 6.45) is 0.